The van der Waals surface area contributed by atoms with Gasteiger partial charge in [0.05, 0.1) is 21.4 Å². The number of hydrogen-bond acceptors (Lipinski definition) is 6. The minimum atomic E-state index is -0.301. The first-order valence-electron chi connectivity index (χ1n) is 11.5. The number of aryl methyl sites for hydroxylation is 1. The molecule has 2 unspecified atom stereocenters. The smallest absolute Gasteiger partial charge is 0.274 e. The van der Waals surface area contributed by atoms with E-state index in [0.717, 1.165) is 39.2 Å². The highest BCUT2D eigenvalue weighted by molar-refractivity contribution is 7.15. The Morgan fingerprint density at radius 3 is 2.79 bits per heavy atom. The molecule has 8 heteroatoms. The van der Waals surface area contributed by atoms with Crippen LogP contribution in [0.3, 0.4) is 0 Å². The molecule has 0 spiro atoms. The molecule has 34 heavy (non-hydrogen) atoms. The molecule has 1 aliphatic heterocycles. The molecule has 1 N–H and O–H groups in total. The highest BCUT2D eigenvalue weighted by Gasteiger charge is 2.34. The topological polar surface area (TPSA) is 71.0 Å². The van der Waals surface area contributed by atoms with E-state index in [2.05, 4.69) is 27.2 Å². The summed E-state index contributed by atoms with van der Waals surface area (Å²) in [5, 5.41) is 5.16. The molecule has 174 valence electrons. The zero-order valence-corrected chi connectivity index (χ0v) is 20.0. The first-order chi connectivity index (χ1) is 16.5. The fourth-order valence-electron chi connectivity index (χ4n) is 4.57. The van der Waals surface area contributed by atoms with Crippen LogP contribution in [0.15, 0.2) is 54.7 Å². The van der Waals surface area contributed by atoms with Gasteiger partial charge in [0.1, 0.15) is 11.5 Å². The maximum Gasteiger partial charge on any atom is 0.274 e. The Labute approximate surface area is 201 Å². The van der Waals surface area contributed by atoms with Crippen molar-refractivity contribution < 1.29 is 9.18 Å². The minimum Gasteiger partial charge on any atom is -0.352 e. The van der Waals surface area contributed by atoms with Gasteiger partial charge in [-0.25, -0.2) is 19.3 Å². The highest BCUT2D eigenvalue weighted by Crippen LogP contribution is 2.33. The van der Waals surface area contributed by atoms with Gasteiger partial charge in [-0.05, 0) is 49.4 Å². The maximum absolute atomic E-state index is 13.8. The summed E-state index contributed by atoms with van der Waals surface area (Å²) in [5.74, 6) is 0.492. The number of nitrogens with one attached hydrogen (secondary N) is 1. The van der Waals surface area contributed by atoms with Gasteiger partial charge in [-0.1, -0.05) is 37.3 Å². The second kappa shape index (κ2) is 9.46. The van der Waals surface area contributed by atoms with Crippen molar-refractivity contribution in [3.8, 4) is 10.4 Å². The fraction of sp³-hybridized carbons (Fsp3) is 0.308. The standard InChI is InChI=1S/C26H26FN5OS/c1-16-6-5-13-32(22(16)15-29-26-28-14-19-7-3-4-8-21(19)31-26)25(33)23-24(34-17(2)30-23)18-9-11-20(27)12-10-18/h3-4,7-12,14,16,22H,5-6,13,15H2,1-2H3,(H,28,29,31). The van der Waals surface area contributed by atoms with Gasteiger partial charge >= 0.3 is 0 Å². The number of benzene rings is 2. The Hall–Kier alpha value is -3.39. The summed E-state index contributed by atoms with van der Waals surface area (Å²) in [7, 11) is 0. The van der Waals surface area contributed by atoms with E-state index in [-0.39, 0.29) is 17.8 Å². The van der Waals surface area contributed by atoms with Crippen molar-refractivity contribution in [1.82, 2.24) is 19.9 Å². The van der Waals surface area contributed by atoms with Gasteiger partial charge < -0.3 is 10.2 Å². The second-order valence-electron chi connectivity index (χ2n) is 8.74. The van der Waals surface area contributed by atoms with Crippen LogP contribution in [0, 0.1) is 18.7 Å². The number of amides is 1. The van der Waals surface area contributed by atoms with Gasteiger partial charge in [0.25, 0.3) is 5.91 Å². The molecule has 0 bridgehead atoms. The SMILES string of the molecule is Cc1nc(C(=O)N2CCCC(C)C2CNc2ncc3ccccc3n2)c(-c2ccc(F)cc2)s1. The quantitative estimate of drug-likeness (QED) is 0.410. The summed E-state index contributed by atoms with van der Waals surface area (Å²) in [6, 6.07) is 14.1. The monoisotopic (exact) mass is 475 g/mol. The third-order valence-electron chi connectivity index (χ3n) is 6.38. The molecule has 2 atom stereocenters. The van der Waals surface area contributed by atoms with Crippen molar-refractivity contribution in [3.63, 3.8) is 0 Å². The molecule has 1 saturated heterocycles. The first-order valence-corrected chi connectivity index (χ1v) is 12.3. The van der Waals surface area contributed by atoms with Crippen molar-refractivity contribution in [1.29, 1.82) is 0 Å². The zero-order valence-electron chi connectivity index (χ0n) is 19.2. The molecular formula is C26H26FN5OS. The Kier molecular flexibility index (Phi) is 6.24. The van der Waals surface area contributed by atoms with Gasteiger partial charge in [-0.15, -0.1) is 11.3 Å². The number of aromatic nitrogens is 3. The second-order valence-corrected chi connectivity index (χ2v) is 9.94. The molecule has 6 nitrogen and oxygen atoms in total. The fourth-order valence-corrected chi connectivity index (χ4v) is 5.49. The number of nitrogens with zero attached hydrogens (tertiary/aromatic N) is 4. The first kappa shape index (κ1) is 22.4. The third-order valence-corrected chi connectivity index (χ3v) is 7.40. The molecule has 0 radical (unpaired) electrons. The molecule has 4 aromatic rings. The summed E-state index contributed by atoms with van der Waals surface area (Å²) in [6.07, 6.45) is 3.81. The van der Waals surface area contributed by atoms with Gasteiger partial charge in [-0.3, -0.25) is 4.79 Å². The Bertz CT molecular complexity index is 1320. The lowest BCUT2D eigenvalue weighted by molar-refractivity contribution is 0.0535. The number of anilines is 1. The molecule has 5 rings (SSSR count). The summed E-state index contributed by atoms with van der Waals surface area (Å²) < 4.78 is 13.5. The number of carbonyl (C=O) groups is 1. The van der Waals surface area contributed by atoms with E-state index in [1.165, 1.54) is 23.5 Å². The van der Waals surface area contributed by atoms with Crippen molar-refractivity contribution in [2.24, 2.45) is 5.92 Å². The van der Waals surface area contributed by atoms with Crippen molar-refractivity contribution >= 4 is 34.1 Å². The largest absolute Gasteiger partial charge is 0.352 e. The number of piperidine rings is 1. The summed E-state index contributed by atoms with van der Waals surface area (Å²) in [4.78, 5) is 30.1. The van der Waals surface area contributed by atoms with E-state index in [1.54, 1.807) is 12.1 Å². The predicted molar refractivity (Wildman–Crippen MR) is 133 cm³/mol. The lowest BCUT2D eigenvalue weighted by Gasteiger charge is -2.40. The molecule has 0 saturated carbocycles. The van der Waals surface area contributed by atoms with Gasteiger partial charge in [-0.2, -0.15) is 0 Å². The number of thiazole rings is 1. The van der Waals surface area contributed by atoms with Crippen LogP contribution in [-0.4, -0.2) is 44.9 Å². The van der Waals surface area contributed by atoms with Crippen LogP contribution < -0.4 is 5.32 Å². The Balaban J connectivity index is 1.39. The number of fused-ring (bicyclic) bond motifs is 1. The lowest BCUT2D eigenvalue weighted by Crippen LogP contribution is -2.51. The van der Waals surface area contributed by atoms with E-state index < -0.39 is 0 Å². The summed E-state index contributed by atoms with van der Waals surface area (Å²) in [5.41, 5.74) is 2.13. The van der Waals surface area contributed by atoms with Gasteiger partial charge in [0, 0.05) is 24.7 Å². The van der Waals surface area contributed by atoms with Gasteiger partial charge in [0.15, 0.2) is 0 Å². The Morgan fingerprint density at radius 2 is 1.97 bits per heavy atom. The Morgan fingerprint density at radius 1 is 1.18 bits per heavy atom. The average molecular weight is 476 g/mol. The molecule has 1 fully saturated rings. The molecule has 2 aromatic carbocycles. The number of hydrogen-bond donors (Lipinski definition) is 1. The summed E-state index contributed by atoms with van der Waals surface area (Å²) in [6.45, 7) is 5.30. The van der Waals surface area contributed by atoms with E-state index in [4.69, 9.17) is 0 Å². The number of para-hydroxylation sites is 1. The number of likely N-dealkylation sites (tertiary alicyclic amines) is 1. The van der Waals surface area contributed by atoms with Crippen LogP contribution in [0.5, 0.6) is 0 Å². The molecule has 1 aliphatic rings. The average Bonchev–Trinajstić information content (AvgIpc) is 3.24. The van der Waals surface area contributed by atoms with E-state index >= 15 is 0 Å². The van der Waals surface area contributed by atoms with Crippen molar-refractivity contribution in [2.45, 2.75) is 32.7 Å². The maximum atomic E-state index is 13.8. The summed E-state index contributed by atoms with van der Waals surface area (Å²) >= 11 is 1.46. The van der Waals surface area contributed by atoms with E-state index in [0.29, 0.717) is 30.6 Å². The van der Waals surface area contributed by atoms with Crippen molar-refractivity contribution in [2.75, 3.05) is 18.4 Å². The van der Waals surface area contributed by atoms with E-state index in [1.807, 2.05) is 42.3 Å². The van der Waals surface area contributed by atoms with E-state index in [9.17, 15) is 9.18 Å². The van der Waals surface area contributed by atoms with Crippen LogP contribution in [-0.2, 0) is 0 Å². The van der Waals surface area contributed by atoms with Crippen LogP contribution in [0.2, 0.25) is 0 Å². The molecular weight excluding hydrogens is 449 g/mol. The zero-order chi connectivity index (χ0) is 23.7. The third kappa shape index (κ3) is 4.50. The van der Waals surface area contributed by atoms with Crippen LogP contribution in [0.4, 0.5) is 10.3 Å². The lowest BCUT2D eigenvalue weighted by atomic mass is 9.90. The molecule has 1 amide bonds. The normalized spacial score (nSPS) is 18.3. The van der Waals surface area contributed by atoms with Crippen molar-refractivity contribution in [3.05, 3.63) is 71.2 Å². The van der Waals surface area contributed by atoms with Crippen LogP contribution >= 0.6 is 11.3 Å². The number of halogens is 1. The molecule has 3 heterocycles. The number of rotatable bonds is 5. The van der Waals surface area contributed by atoms with Crippen LogP contribution in [0.25, 0.3) is 21.3 Å². The van der Waals surface area contributed by atoms with Gasteiger partial charge in [0.2, 0.25) is 5.95 Å². The highest BCUT2D eigenvalue weighted by atomic mass is 32.1. The predicted octanol–water partition coefficient (Wildman–Crippen LogP) is 5.55. The molecule has 0 aliphatic carbocycles. The number of carbonyl (C=O) groups excluding carboxylic acids is 1. The molecule has 2 aromatic heterocycles. The van der Waals surface area contributed by atoms with Crippen LogP contribution in [0.1, 0.15) is 35.3 Å². The minimum absolute atomic E-state index is 0.0144.